The van der Waals surface area contributed by atoms with Crippen LogP contribution < -0.4 is 15.4 Å². The number of urea groups is 1. The van der Waals surface area contributed by atoms with E-state index in [-0.39, 0.29) is 29.2 Å². The van der Waals surface area contributed by atoms with Crippen LogP contribution in [0.2, 0.25) is 0 Å². The molecule has 2 aliphatic rings. The van der Waals surface area contributed by atoms with Gasteiger partial charge >= 0.3 is 12.0 Å². The van der Waals surface area contributed by atoms with E-state index < -0.39 is 23.2 Å². The van der Waals surface area contributed by atoms with Gasteiger partial charge in [-0.05, 0) is 70.5 Å². The van der Waals surface area contributed by atoms with E-state index in [1.54, 1.807) is 37.4 Å². The Bertz CT molecular complexity index is 1460. The predicted octanol–water partition coefficient (Wildman–Crippen LogP) is 5.40. The van der Waals surface area contributed by atoms with Crippen LogP contribution in [0.5, 0.6) is 23.0 Å². The lowest BCUT2D eigenvalue weighted by Crippen LogP contribution is -2.43. The Morgan fingerprint density at radius 1 is 0.902 bits per heavy atom. The second-order valence-electron chi connectivity index (χ2n) is 11.4. The minimum atomic E-state index is -1.36. The molecule has 2 amide bonds. The van der Waals surface area contributed by atoms with Crippen LogP contribution >= 0.6 is 0 Å². The van der Waals surface area contributed by atoms with E-state index in [9.17, 15) is 19.8 Å². The lowest BCUT2D eigenvalue weighted by molar-refractivity contribution is -0.0557. The summed E-state index contributed by atoms with van der Waals surface area (Å²) in [6.07, 6.45) is 0.704. The number of carbonyl (C=O) groups is 2. The van der Waals surface area contributed by atoms with Gasteiger partial charge in [0.2, 0.25) is 0 Å². The molecule has 41 heavy (non-hydrogen) atoms. The van der Waals surface area contributed by atoms with Crippen molar-refractivity contribution in [2.75, 3.05) is 25.6 Å². The summed E-state index contributed by atoms with van der Waals surface area (Å²) in [5.41, 5.74) is -0.00786. The molecule has 0 radical (unpaired) electrons. The Labute approximate surface area is 238 Å². The van der Waals surface area contributed by atoms with Gasteiger partial charge in [0.15, 0.2) is 5.60 Å². The van der Waals surface area contributed by atoms with Crippen molar-refractivity contribution >= 4 is 17.7 Å². The highest BCUT2D eigenvalue weighted by Crippen LogP contribution is 2.57. The topological polar surface area (TPSA) is 136 Å². The van der Waals surface area contributed by atoms with Gasteiger partial charge in [0.25, 0.3) is 0 Å². The highest BCUT2D eigenvalue weighted by molar-refractivity contribution is 5.99. The monoisotopic (exact) mass is 562 g/mol. The lowest BCUT2D eigenvalue weighted by Gasteiger charge is -2.36. The van der Waals surface area contributed by atoms with Crippen LogP contribution in [0.15, 0.2) is 54.6 Å². The second-order valence-corrected chi connectivity index (χ2v) is 11.4. The molecule has 4 N–H and O–H groups in total. The van der Waals surface area contributed by atoms with Gasteiger partial charge in [-0.3, -0.25) is 0 Å². The number of phenols is 2. The van der Waals surface area contributed by atoms with Gasteiger partial charge < -0.3 is 39.8 Å². The zero-order valence-corrected chi connectivity index (χ0v) is 23.7. The van der Waals surface area contributed by atoms with Gasteiger partial charge in [-0.1, -0.05) is 6.07 Å². The molecule has 2 aliphatic heterocycles. The van der Waals surface area contributed by atoms with Crippen LogP contribution in [0.1, 0.15) is 61.2 Å². The third-order valence-corrected chi connectivity index (χ3v) is 7.46. The van der Waals surface area contributed by atoms with Gasteiger partial charge in [-0.15, -0.1) is 0 Å². The van der Waals surface area contributed by atoms with E-state index in [0.29, 0.717) is 46.9 Å². The molecular formula is C31H34N2O8. The molecule has 10 nitrogen and oxygen atoms in total. The molecule has 3 aromatic rings. The van der Waals surface area contributed by atoms with E-state index in [4.69, 9.17) is 18.9 Å². The average molecular weight is 563 g/mol. The number of anilines is 1. The van der Waals surface area contributed by atoms with Crippen LogP contribution in [0.4, 0.5) is 10.5 Å². The summed E-state index contributed by atoms with van der Waals surface area (Å²) in [5.74, 6) is -0.0468. The molecule has 0 saturated carbocycles. The fraction of sp³-hybridized carbons (Fsp3) is 0.355. The Morgan fingerprint density at radius 2 is 1.51 bits per heavy atom. The van der Waals surface area contributed by atoms with Crippen molar-refractivity contribution in [3.63, 3.8) is 0 Å². The molecule has 0 unspecified atom stereocenters. The van der Waals surface area contributed by atoms with E-state index in [2.05, 4.69) is 10.6 Å². The summed E-state index contributed by atoms with van der Waals surface area (Å²) in [6.45, 7) is 8.48. The van der Waals surface area contributed by atoms with Gasteiger partial charge in [0.1, 0.15) is 23.0 Å². The Balaban J connectivity index is 1.36. The zero-order valence-electron chi connectivity index (χ0n) is 23.7. The number of phenolic OH excluding ortho intramolecular Hbond substituents is 2. The number of benzene rings is 3. The van der Waals surface area contributed by atoms with Crippen LogP contribution in [0, 0.1) is 0 Å². The first-order valence-corrected chi connectivity index (χ1v) is 13.3. The average Bonchev–Trinajstić information content (AvgIpc) is 3.19. The normalized spacial score (nSPS) is 14.9. The molecule has 216 valence electrons. The smallest absolute Gasteiger partial charge is 0.340 e. The molecular weight excluding hydrogens is 528 g/mol. The highest BCUT2D eigenvalue weighted by Gasteiger charge is 2.53. The maximum absolute atomic E-state index is 13.3. The fourth-order valence-corrected chi connectivity index (χ4v) is 4.98. The van der Waals surface area contributed by atoms with Gasteiger partial charge in [-0.25, -0.2) is 9.59 Å². The van der Waals surface area contributed by atoms with Crippen LogP contribution in [0.3, 0.4) is 0 Å². The number of amides is 2. The predicted molar refractivity (Wildman–Crippen MR) is 151 cm³/mol. The quantitative estimate of drug-likeness (QED) is 0.268. The summed E-state index contributed by atoms with van der Waals surface area (Å²) in [5, 5.41) is 25.7. The number of hydrogen-bond acceptors (Lipinski definition) is 8. The lowest BCUT2D eigenvalue weighted by atomic mass is 9.77. The number of rotatable bonds is 8. The third-order valence-electron chi connectivity index (χ3n) is 7.46. The Morgan fingerprint density at radius 3 is 2.12 bits per heavy atom. The van der Waals surface area contributed by atoms with Crippen molar-refractivity contribution in [1.29, 1.82) is 0 Å². The Kier molecular flexibility index (Phi) is 7.08. The Hall–Kier alpha value is -4.28. The van der Waals surface area contributed by atoms with E-state index in [1.165, 1.54) is 24.3 Å². The van der Waals surface area contributed by atoms with Crippen molar-refractivity contribution in [2.24, 2.45) is 0 Å². The van der Waals surface area contributed by atoms with Crippen molar-refractivity contribution in [1.82, 2.24) is 5.32 Å². The zero-order chi connectivity index (χ0) is 29.6. The number of esters is 1. The van der Waals surface area contributed by atoms with Crippen molar-refractivity contribution < 1.29 is 38.7 Å². The van der Waals surface area contributed by atoms with Gasteiger partial charge in [0.05, 0.1) is 23.4 Å². The summed E-state index contributed by atoms with van der Waals surface area (Å²) in [7, 11) is 1.66. The minimum absolute atomic E-state index is 0.0231. The molecule has 0 atom stereocenters. The molecule has 1 spiro atoms. The summed E-state index contributed by atoms with van der Waals surface area (Å²) in [6, 6.07) is 13.6. The molecule has 0 bridgehead atoms. The number of aromatic hydroxyl groups is 2. The van der Waals surface area contributed by atoms with Gasteiger partial charge in [-0.2, -0.15) is 0 Å². The number of ether oxygens (including phenoxy) is 4. The molecule has 2 heterocycles. The molecule has 0 fully saturated rings. The number of nitrogens with one attached hydrogen (secondary N) is 2. The third kappa shape index (κ3) is 5.40. The summed E-state index contributed by atoms with van der Waals surface area (Å²) < 4.78 is 23.4. The largest absolute Gasteiger partial charge is 0.508 e. The summed E-state index contributed by atoms with van der Waals surface area (Å²) >= 11 is 0. The second kappa shape index (κ2) is 10.3. The van der Waals surface area contributed by atoms with Crippen molar-refractivity contribution in [2.45, 2.75) is 50.9 Å². The maximum atomic E-state index is 13.3. The SMILES string of the molecule is COC(C)(C)CCOC(C)(C)CNC(=O)Nc1ccc2c(c1)C(=O)OC21c2ccc(O)cc2Oc2cc(O)ccc21. The van der Waals surface area contributed by atoms with Crippen molar-refractivity contribution in [3.8, 4) is 23.0 Å². The first kappa shape index (κ1) is 28.3. The first-order chi connectivity index (χ1) is 19.3. The minimum Gasteiger partial charge on any atom is -0.508 e. The first-order valence-electron chi connectivity index (χ1n) is 13.3. The molecule has 5 rings (SSSR count). The number of methoxy groups -OCH3 is 1. The number of fused-ring (bicyclic) bond motifs is 6. The van der Waals surface area contributed by atoms with Crippen LogP contribution in [-0.4, -0.2) is 53.7 Å². The molecule has 0 aromatic heterocycles. The van der Waals surface area contributed by atoms with Crippen LogP contribution in [0.25, 0.3) is 0 Å². The molecule has 10 heteroatoms. The number of carbonyl (C=O) groups excluding carboxylic acids is 2. The van der Waals surface area contributed by atoms with Crippen molar-refractivity contribution in [3.05, 3.63) is 76.9 Å². The van der Waals surface area contributed by atoms with E-state index in [0.717, 1.165) is 0 Å². The number of hydrogen-bond donors (Lipinski definition) is 4. The molecule has 3 aromatic carbocycles. The molecule has 0 saturated heterocycles. The summed E-state index contributed by atoms with van der Waals surface area (Å²) in [4.78, 5) is 26.0. The molecule has 0 aliphatic carbocycles. The van der Waals surface area contributed by atoms with E-state index in [1.807, 2.05) is 27.7 Å². The highest BCUT2D eigenvalue weighted by atomic mass is 16.6. The van der Waals surface area contributed by atoms with E-state index >= 15 is 0 Å². The maximum Gasteiger partial charge on any atom is 0.340 e. The standard InChI is InChI=1S/C31H34N2O8/c1-29(2,38-5)12-13-39-30(3,4)17-32-28(37)33-18-6-9-22-21(14-18)27(36)41-31(22)23-10-7-19(34)15-25(23)40-26-16-20(35)8-11-24(26)31/h6-11,14-16,34-35H,12-13,17H2,1-5H3,(H2,32,33,37). The fourth-order valence-electron chi connectivity index (χ4n) is 4.98. The van der Waals surface area contributed by atoms with Crippen LogP contribution in [-0.2, 0) is 19.8 Å². The van der Waals surface area contributed by atoms with Gasteiger partial charge in [0, 0.05) is 48.2 Å².